The monoisotopic (exact) mass is 290 g/mol. The van der Waals surface area contributed by atoms with Crippen molar-refractivity contribution in [1.82, 2.24) is 4.90 Å². The Kier molecular flexibility index (Phi) is 4.60. The van der Waals surface area contributed by atoms with Crippen molar-refractivity contribution in [3.8, 4) is 0 Å². The number of benzene rings is 1. The van der Waals surface area contributed by atoms with Gasteiger partial charge in [-0.2, -0.15) is 0 Å². The van der Waals surface area contributed by atoms with E-state index in [-0.39, 0.29) is 11.9 Å². The molecule has 1 aliphatic carbocycles. The second-order valence-corrected chi connectivity index (χ2v) is 6.75. The number of halogens is 1. The van der Waals surface area contributed by atoms with E-state index in [0.29, 0.717) is 12.6 Å². The first-order chi connectivity index (χ1) is 10.2. The molecule has 3 heteroatoms. The molecule has 2 N–H and O–H groups in total. The van der Waals surface area contributed by atoms with Crippen molar-refractivity contribution in [3.63, 3.8) is 0 Å². The normalized spacial score (nSPS) is 28.1. The Morgan fingerprint density at radius 1 is 1.24 bits per heavy atom. The van der Waals surface area contributed by atoms with Crippen molar-refractivity contribution in [2.24, 2.45) is 11.7 Å². The minimum absolute atomic E-state index is 0.122. The molecule has 1 heterocycles. The van der Waals surface area contributed by atoms with E-state index in [1.54, 1.807) is 6.07 Å². The third-order valence-corrected chi connectivity index (χ3v) is 5.48. The van der Waals surface area contributed by atoms with Crippen molar-refractivity contribution < 1.29 is 4.39 Å². The third kappa shape index (κ3) is 3.00. The zero-order chi connectivity index (χ0) is 14.8. The third-order valence-electron chi connectivity index (χ3n) is 5.48. The van der Waals surface area contributed by atoms with Gasteiger partial charge in [-0.25, -0.2) is 4.39 Å². The van der Waals surface area contributed by atoms with Crippen LogP contribution in [0.2, 0.25) is 0 Å². The smallest absolute Gasteiger partial charge is 0.126 e. The molecule has 0 amide bonds. The van der Waals surface area contributed by atoms with Crippen molar-refractivity contribution in [3.05, 3.63) is 35.1 Å². The van der Waals surface area contributed by atoms with Gasteiger partial charge in [0.25, 0.3) is 0 Å². The van der Waals surface area contributed by atoms with Crippen LogP contribution in [0.1, 0.15) is 55.7 Å². The Hall–Kier alpha value is -0.930. The van der Waals surface area contributed by atoms with Gasteiger partial charge < -0.3 is 5.73 Å². The van der Waals surface area contributed by atoms with Crippen LogP contribution in [0.3, 0.4) is 0 Å². The predicted molar refractivity (Wildman–Crippen MR) is 84.6 cm³/mol. The van der Waals surface area contributed by atoms with Crippen LogP contribution in [0.25, 0.3) is 0 Å². The number of hydrogen-bond donors (Lipinski definition) is 1. The van der Waals surface area contributed by atoms with Crippen LogP contribution in [0.5, 0.6) is 0 Å². The summed E-state index contributed by atoms with van der Waals surface area (Å²) in [5.74, 6) is 0.729. The minimum atomic E-state index is -0.122. The maximum absolute atomic E-state index is 13.5. The SMILES string of the molecule is Cc1cc(C(CN)N2CCC[C@H]3CCCC[C@H]32)ccc1F. The Morgan fingerprint density at radius 3 is 2.76 bits per heavy atom. The highest BCUT2D eigenvalue weighted by Crippen LogP contribution is 2.39. The van der Waals surface area contributed by atoms with Crippen LogP contribution in [0.15, 0.2) is 18.2 Å². The first-order valence-corrected chi connectivity index (χ1v) is 8.42. The van der Waals surface area contributed by atoms with Crippen LogP contribution in [0.4, 0.5) is 4.39 Å². The molecular formula is C18H27FN2. The van der Waals surface area contributed by atoms with Crippen LogP contribution >= 0.6 is 0 Å². The lowest BCUT2D eigenvalue weighted by molar-refractivity contribution is 0.0276. The predicted octanol–water partition coefficient (Wildman–Crippen LogP) is 3.79. The number of hydrogen-bond acceptors (Lipinski definition) is 2. The number of likely N-dealkylation sites (tertiary alicyclic amines) is 1. The zero-order valence-corrected chi connectivity index (χ0v) is 13.0. The van der Waals surface area contributed by atoms with Crippen molar-refractivity contribution in [1.29, 1.82) is 0 Å². The van der Waals surface area contributed by atoms with Crippen molar-refractivity contribution in [2.45, 2.75) is 57.5 Å². The van der Waals surface area contributed by atoms with Gasteiger partial charge in [0.2, 0.25) is 0 Å². The molecule has 0 spiro atoms. The summed E-state index contributed by atoms with van der Waals surface area (Å²) in [7, 11) is 0. The molecule has 1 aromatic rings. The quantitative estimate of drug-likeness (QED) is 0.917. The summed E-state index contributed by atoms with van der Waals surface area (Å²) in [6.45, 7) is 3.60. The van der Waals surface area contributed by atoms with Crippen molar-refractivity contribution >= 4 is 0 Å². The molecule has 116 valence electrons. The van der Waals surface area contributed by atoms with Gasteiger partial charge in [-0.15, -0.1) is 0 Å². The number of piperidine rings is 1. The standard InChI is InChI=1S/C18H27FN2/c1-13-11-15(8-9-16(13)19)18(12-20)21-10-4-6-14-5-2-3-7-17(14)21/h8-9,11,14,17-18H,2-7,10,12,20H2,1H3/t14-,17-,18?/m1/s1. The average Bonchev–Trinajstić information content (AvgIpc) is 2.52. The number of aryl methyl sites for hydroxylation is 1. The first kappa shape index (κ1) is 15.0. The molecule has 3 atom stereocenters. The second-order valence-electron chi connectivity index (χ2n) is 6.75. The van der Waals surface area contributed by atoms with Gasteiger partial charge in [-0.05, 0) is 62.3 Å². The lowest BCUT2D eigenvalue weighted by Crippen LogP contribution is -2.50. The Morgan fingerprint density at radius 2 is 2.00 bits per heavy atom. The molecule has 1 unspecified atom stereocenters. The fourth-order valence-electron chi connectivity index (χ4n) is 4.39. The molecule has 2 fully saturated rings. The summed E-state index contributed by atoms with van der Waals surface area (Å²) in [6, 6.07) is 6.43. The summed E-state index contributed by atoms with van der Waals surface area (Å²) >= 11 is 0. The molecule has 2 nitrogen and oxygen atoms in total. The van der Waals surface area contributed by atoms with Crippen LogP contribution in [0, 0.1) is 18.7 Å². The van der Waals surface area contributed by atoms with E-state index < -0.39 is 0 Å². The fourth-order valence-corrected chi connectivity index (χ4v) is 4.39. The van der Waals surface area contributed by atoms with Gasteiger partial charge in [0.05, 0.1) is 0 Å². The number of rotatable bonds is 3. The van der Waals surface area contributed by atoms with E-state index >= 15 is 0 Å². The van der Waals surface area contributed by atoms with Gasteiger partial charge in [0, 0.05) is 18.6 Å². The molecule has 1 saturated carbocycles. The van der Waals surface area contributed by atoms with E-state index in [2.05, 4.69) is 4.90 Å². The largest absolute Gasteiger partial charge is 0.329 e. The molecule has 0 bridgehead atoms. The average molecular weight is 290 g/mol. The van der Waals surface area contributed by atoms with Crippen LogP contribution in [-0.4, -0.2) is 24.0 Å². The lowest BCUT2D eigenvalue weighted by Gasteiger charge is -2.47. The molecule has 3 rings (SSSR count). The fraction of sp³-hybridized carbons (Fsp3) is 0.667. The Balaban J connectivity index is 1.85. The van der Waals surface area contributed by atoms with E-state index in [4.69, 9.17) is 5.73 Å². The van der Waals surface area contributed by atoms with E-state index in [0.717, 1.165) is 18.0 Å². The van der Waals surface area contributed by atoms with Gasteiger partial charge in [-0.3, -0.25) is 4.90 Å². The van der Waals surface area contributed by atoms with Crippen LogP contribution in [-0.2, 0) is 0 Å². The van der Waals surface area contributed by atoms with Gasteiger partial charge in [0.15, 0.2) is 0 Å². The maximum atomic E-state index is 13.5. The van der Waals surface area contributed by atoms with E-state index in [9.17, 15) is 4.39 Å². The maximum Gasteiger partial charge on any atom is 0.126 e. The number of nitrogens with two attached hydrogens (primary N) is 1. The van der Waals surface area contributed by atoms with Crippen molar-refractivity contribution in [2.75, 3.05) is 13.1 Å². The molecule has 1 aliphatic heterocycles. The van der Waals surface area contributed by atoms with Gasteiger partial charge >= 0.3 is 0 Å². The minimum Gasteiger partial charge on any atom is -0.329 e. The lowest BCUT2D eigenvalue weighted by atomic mass is 9.77. The topological polar surface area (TPSA) is 29.3 Å². The highest BCUT2D eigenvalue weighted by molar-refractivity contribution is 5.27. The molecule has 2 aliphatic rings. The molecule has 21 heavy (non-hydrogen) atoms. The molecule has 1 saturated heterocycles. The van der Waals surface area contributed by atoms with Gasteiger partial charge in [-0.1, -0.05) is 25.0 Å². The van der Waals surface area contributed by atoms with Gasteiger partial charge in [0.1, 0.15) is 5.82 Å². The number of fused-ring (bicyclic) bond motifs is 1. The Bertz CT molecular complexity index is 486. The van der Waals surface area contributed by atoms with Crippen LogP contribution < -0.4 is 5.73 Å². The molecule has 0 aromatic heterocycles. The number of nitrogens with zero attached hydrogens (tertiary/aromatic N) is 1. The second kappa shape index (κ2) is 6.45. The highest BCUT2D eigenvalue weighted by atomic mass is 19.1. The summed E-state index contributed by atoms with van der Waals surface area (Å²) in [6.07, 6.45) is 8.07. The molecule has 0 radical (unpaired) electrons. The summed E-state index contributed by atoms with van der Waals surface area (Å²) in [4.78, 5) is 2.63. The molecule has 1 aromatic carbocycles. The van der Waals surface area contributed by atoms with E-state index in [1.807, 2.05) is 19.1 Å². The summed E-state index contributed by atoms with van der Waals surface area (Å²) in [5.41, 5.74) is 8.02. The Labute approximate surface area is 127 Å². The van der Waals surface area contributed by atoms with E-state index in [1.165, 1.54) is 44.1 Å². The first-order valence-electron chi connectivity index (χ1n) is 8.42. The molecular weight excluding hydrogens is 263 g/mol. The summed E-state index contributed by atoms with van der Waals surface area (Å²) in [5, 5.41) is 0. The zero-order valence-electron chi connectivity index (χ0n) is 13.0. The highest BCUT2D eigenvalue weighted by Gasteiger charge is 2.36. The summed E-state index contributed by atoms with van der Waals surface area (Å²) < 4.78 is 13.5.